The first-order chi connectivity index (χ1) is 4.04. The Kier molecular flexibility index (Phi) is 3.00. The molecule has 0 heterocycles. The Hall–Kier alpha value is -0.220. The molecule has 0 rings (SSSR count). The molecule has 0 atom stereocenters. The van der Waals surface area contributed by atoms with E-state index in [9.17, 15) is 0 Å². The van der Waals surface area contributed by atoms with Gasteiger partial charge in [-0.15, -0.1) is 12.6 Å². The molecule has 0 aliphatic carbocycles. The molecule has 0 aliphatic rings. The van der Waals surface area contributed by atoms with Gasteiger partial charge in [-0.2, -0.15) is 5.10 Å². The van der Waals surface area contributed by atoms with Crippen molar-refractivity contribution in [2.45, 2.75) is 13.8 Å². The summed E-state index contributed by atoms with van der Waals surface area (Å²) >= 11 is 3.96. The molecule has 0 aliphatic heterocycles. The Labute approximate surface area is 60.4 Å². The van der Waals surface area contributed by atoms with Crippen LogP contribution in [0.5, 0.6) is 0 Å². The van der Waals surface area contributed by atoms with Crippen LogP contribution in [0, 0.1) is 5.41 Å². The van der Waals surface area contributed by atoms with Crippen molar-refractivity contribution in [3.05, 3.63) is 0 Å². The lowest BCUT2D eigenvalue weighted by Crippen LogP contribution is -2.25. The number of thiol groups is 1. The quantitative estimate of drug-likeness (QED) is 0.172. The van der Waals surface area contributed by atoms with Crippen molar-refractivity contribution in [2.75, 3.05) is 6.61 Å². The smallest absolute Gasteiger partial charge is 0.0977 e. The second-order valence-corrected chi connectivity index (χ2v) is 2.92. The van der Waals surface area contributed by atoms with E-state index in [1.807, 2.05) is 13.8 Å². The average molecular weight is 148 g/mol. The number of aliphatic hydroxyl groups is 1. The highest BCUT2D eigenvalue weighted by atomic mass is 32.1. The van der Waals surface area contributed by atoms with Crippen molar-refractivity contribution in [1.82, 2.24) is 0 Å². The SMILES string of the molecule is CC(C)(CO)/C(S)=N/N. The van der Waals surface area contributed by atoms with Crippen LogP contribution in [0.4, 0.5) is 0 Å². The van der Waals surface area contributed by atoms with Gasteiger partial charge in [0.15, 0.2) is 0 Å². The lowest BCUT2D eigenvalue weighted by molar-refractivity contribution is 0.215. The summed E-state index contributed by atoms with van der Waals surface area (Å²) in [5, 5.41) is 12.5. The van der Waals surface area contributed by atoms with Crippen LogP contribution in [0.3, 0.4) is 0 Å². The predicted octanol–water partition coefficient (Wildman–Crippen LogP) is 0.207. The van der Waals surface area contributed by atoms with Crippen molar-refractivity contribution in [3.8, 4) is 0 Å². The summed E-state index contributed by atoms with van der Waals surface area (Å²) in [7, 11) is 0. The number of rotatable bonds is 2. The molecule has 0 unspecified atom stereocenters. The van der Waals surface area contributed by atoms with Gasteiger partial charge in [0, 0.05) is 5.41 Å². The van der Waals surface area contributed by atoms with E-state index in [0.29, 0.717) is 5.04 Å². The Morgan fingerprint density at radius 1 is 1.78 bits per heavy atom. The summed E-state index contributed by atoms with van der Waals surface area (Å²) in [6.45, 7) is 3.63. The highest BCUT2D eigenvalue weighted by molar-refractivity contribution is 7.97. The van der Waals surface area contributed by atoms with Crippen LogP contribution in [0.15, 0.2) is 5.10 Å². The Morgan fingerprint density at radius 3 is 2.33 bits per heavy atom. The molecule has 0 amide bonds. The minimum absolute atomic E-state index is 0.00648. The first-order valence-corrected chi connectivity index (χ1v) is 3.07. The van der Waals surface area contributed by atoms with Gasteiger partial charge in [0.2, 0.25) is 0 Å². The number of aliphatic hydroxyl groups excluding tert-OH is 1. The number of hydrazone groups is 1. The third-order valence-electron chi connectivity index (χ3n) is 1.12. The molecule has 0 radical (unpaired) electrons. The molecule has 3 N–H and O–H groups in total. The van der Waals surface area contributed by atoms with E-state index in [2.05, 4.69) is 17.7 Å². The number of hydrogen-bond donors (Lipinski definition) is 3. The zero-order chi connectivity index (χ0) is 7.49. The van der Waals surface area contributed by atoms with E-state index in [1.54, 1.807) is 0 Å². The summed E-state index contributed by atoms with van der Waals surface area (Å²) in [6.07, 6.45) is 0. The lowest BCUT2D eigenvalue weighted by Gasteiger charge is -2.18. The fourth-order valence-electron chi connectivity index (χ4n) is 0.245. The van der Waals surface area contributed by atoms with Gasteiger partial charge < -0.3 is 10.9 Å². The van der Waals surface area contributed by atoms with E-state index in [-0.39, 0.29) is 6.61 Å². The van der Waals surface area contributed by atoms with Crippen molar-refractivity contribution >= 4 is 17.7 Å². The lowest BCUT2D eigenvalue weighted by atomic mass is 9.97. The molecule has 0 saturated carbocycles. The van der Waals surface area contributed by atoms with Gasteiger partial charge in [0.1, 0.15) is 0 Å². The average Bonchev–Trinajstić information content (AvgIpc) is 1.86. The van der Waals surface area contributed by atoms with Crippen molar-refractivity contribution in [1.29, 1.82) is 0 Å². The van der Waals surface area contributed by atoms with Crippen LogP contribution in [-0.4, -0.2) is 16.8 Å². The van der Waals surface area contributed by atoms with Gasteiger partial charge in [0.25, 0.3) is 0 Å². The molecule has 0 aromatic carbocycles. The second kappa shape index (κ2) is 3.08. The van der Waals surface area contributed by atoms with Crippen molar-refractivity contribution in [2.24, 2.45) is 16.4 Å². The van der Waals surface area contributed by atoms with Gasteiger partial charge >= 0.3 is 0 Å². The zero-order valence-corrected chi connectivity index (χ0v) is 6.52. The van der Waals surface area contributed by atoms with Gasteiger partial charge in [0.05, 0.1) is 11.7 Å². The van der Waals surface area contributed by atoms with E-state index in [1.165, 1.54) is 0 Å². The monoisotopic (exact) mass is 148 g/mol. The fraction of sp³-hybridized carbons (Fsp3) is 0.800. The predicted molar refractivity (Wildman–Crippen MR) is 41.5 cm³/mol. The third-order valence-corrected chi connectivity index (χ3v) is 1.84. The van der Waals surface area contributed by atoms with E-state index in [4.69, 9.17) is 10.9 Å². The minimum Gasteiger partial charge on any atom is -0.395 e. The molecule has 0 aromatic rings. The largest absolute Gasteiger partial charge is 0.395 e. The maximum Gasteiger partial charge on any atom is 0.0977 e. The summed E-state index contributed by atoms with van der Waals surface area (Å²) in [6, 6.07) is 0. The van der Waals surface area contributed by atoms with E-state index >= 15 is 0 Å². The van der Waals surface area contributed by atoms with Crippen LogP contribution >= 0.6 is 12.6 Å². The Morgan fingerprint density at radius 2 is 2.22 bits per heavy atom. The van der Waals surface area contributed by atoms with Crippen LogP contribution in [-0.2, 0) is 0 Å². The maximum absolute atomic E-state index is 8.71. The standard InChI is InChI=1S/C5H12N2OS/c1-5(2,3-8)4(9)7-6/h8H,3,6H2,1-2H3,(H,7,9). The summed E-state index contributed by atoms with van der Waals surface area (Å²) in [4.78, 5) is 0. The topological polar surface area (TPSA) is 58.6 Å². The van der Waals surface area contributed by atoms with E-state index in [0.717, 1.165) is 0 Å². The molecule has 0 fully saturated rings. The van der Waals surface area contributed by atoms with Crippen LogP contribution in [0.1, 0.15) is 13.8 Å². The van der Waals surface area contributed by atoms with Gasteiger partial charge in [-0.25, -0.2) is 0 Å². The molecule has 4 heteroatoms. The van der Waals surface area contributed by atoms with Gasteiger partial charge in [-0.1, -0.05) is 13.8 Å². The summed E-state index contributed by atoms with van der Waals surface area (Å²) in [5.41, 5.74) is -0.405. The maximum atomic E-state index is 8.71. The van der Waals surface area contributed by atoms with Crippen LogP contribution < -0.4 is 5.84 Å². The highest BCUT2D eigenvalue weighted by Gasteiger charge is 2.20. The van der Waals surface area contributed by atoms with Crippen LogP contribution in [0.25, 0.3) is 0 Å². The molecule has 54 valence electrons. The van der Waals surface area contributed by atoms with Gasteiger partial charge in [-0.05, 0) is 0 Å². The first-order valence-electron chi connectivity index (χ1n) is 2.63. The molecular weight excluding hydrogens is 136 g/mol. The molecule has 0 saturated heterocycles. The zero-order valence-electron chi connectivity index (χ0n) is 5.63. The minimum atomic E-state index is -0.405. The van der Waals surface area contributed by atoms with Crippen molar-refractivity contribution < 1.29 is 5.11 Å². The molecule has 0 aromatic heterocycles. The first kappa shape index (κ1) is 8.78. The molecular formula is C5H12N2OS. The molecule has 0 spiro atoms. The van der Waals surface area contributed by atoms with Crippen LogP contribution in [0.2, 0.25) is 0 Å². The van der Waals surface area contributed by atoms with Crippen molar-refractivity contribution in [3.63, 3.8) is 0 Å². The summed E-state index contributed by atoms with van der Waals surface area (Å²) in [5.74, 6) is 4.93. The molecule has 3 nitrogen and oxygen atoms in total. The number of nitrogens with two attached hydrogens (primary N) is 1. The molecule has 9 heavy (non-hydrogen) atoms. The van der Waals surface area contributed by atoms with Gasteiger partial charge in [-0.3, -0.25) is 0 Å². The van der Waals surface area contributed by atoms with E-state index < -0.39 is 5.41 Å². The second-order valence-electron chi connectivity index (χ2n) is 2.49. The number of nitrogens with zero attached hydrogens (tertiary/aromatic N) is 1. The highest BCUT2D eigenvalue weighted by Crippen LogP contribution is 2.17. The molecule has 0 bridgehead atoms. The fourth-order valence-corrected chi connectivity index (χ4v) is 0.316. The third kappa shape index (κ3) is 2.24. The Bertz CT molecular complexity index is 122. The Balaban J connectivity index is 4.14. The normalized spacial score (nSPS) is 14.0. The number of hydrogen-bond acceptors (Lipinski definition) is 3. The summed E-state index contributed by atoms with van der Waals surface area (Å²) < 4.78 is 0.